The van der Waals surface area contributed by atoms with Crippen LogP contribution < -0.4 is 20.1 Å². The number of nitrogens with zero attached hydrogens (tertiary/aromatic N) is 4. The zero-order valence-electron chi connectivity index (χ0n) is 27.1. The van der Waals surface area contributed by atoms with Crippen LogP contribution in [0, 0.1) is 17.9 Å². The van der Waals surface area contributed by atoms with Crippen LogP contribution in [-0.2, 0) is 12.8 Å². The minimum Gasteiger partial charge on any atom is -0.507 e. The number of aliphatic hydroxyl groups excluding tert-OH is 1. The molecule has 6 aromatic carbocycles. The lowest BCUT2D eigenvalue weighted by Gasteiger charge is -2.32. The third kappa shape index (κ3) is 3.56. The van der Waals surface area contributed by atoms with Gasteiger partial charge in [0.25, 0.3) is 5.70 Å². The molecule has 0 amide bonds. The maximum Gasteiger partial charge on any atom is 0.270 e. The third-order valence-electron chi connectivity index (χ3n) is 10.6. The van der Waals surface area contributed by atoms with Crippen LogP contribution in [0.15, 0.2) is 77.7 Å². The Morgan fingerprint density at radius 3 is 1.72 bits per heavy atom. The highest BCUT2D eigenvalue weighted by Crippen LogP contribution is 2.55. The average Bonchev–Trinajstić information content (AvgIpc) is 3.10. The van der Waals surface area contributed by atoms with E-state index >= 15 is 0 Å². The molecule has 9 heteroatoms. The second kappa shape index (κ2) is 10.1. The van der Waals surface area contributed by atoms with Crippen molar-refractivity contribution in [3.05, 3.63) is 116 Å². The van der Waals surface area contributed by atoms with Crippen molar-refractivity contribution < 1.29 is 25.5 Å². The fourth-order valence-electron chi connectivity index (χ4n) is 8.68. The van der Waals surface area contributed by atoms with E-state index in [9.17, 15) is 30.8 Å². The Balaban J connectivity index is 1.60. The van der Waals surface area contributed by atoms with Gasteiger partial charge >= 0.3 is 0 Å². The van der Waals surface area contributed by atoms with Crippen molar-refractivity contribution in [1.29, 1.82) is 5.26 Å². The highest BCUT2D eigenvalue weighted by atomic mass is 16.3. The summed E-state index contributed by atoms with van der Waals surface area (Å²) in [5.41, 5.74) is 3.01. The van der Waals surface area contributed by atoms with Crippen molar-refractivity contribution in [3.8, 4) is 29.1 Å². The van der Waals surface area contributed by atoms with E-state index in [1.54, 1.807) is 24.3 Å². The van der Waals surface area contributed by atoms with Crippen LogP contribution in [0.3, 0.4) is 0 Å². The molecule has 0 saturated carbocycles. The number of fused-ring (bicyclic) bond motifs is 2. The lowest BCUT2D eigenvalue weighted by Crippen LogP contribution is -2.42. The van der Waals surface area contributed by atoms with Crippen molar-refractivity contribution in [2.75, 3.05) is 32.1 Å². The number of anilines is 1. The zero-order chi connectivity index (χ0) is 34.7. The van der Waals surface area contributed by atoms with Crippen molar-refractivity contribution in [2.24, 2.45) is 0 Å². The normalized spacial score (nSPS) is 15.9. The molecule has 0 saturated heterocycles. The summed E-state index contributed by atoms with van der Waals surface area (Å²) in [5, 5.41) is 74.7. The predicted molar refractivity (Wildman–Crippen MR) is 194 cm³/mol. The molecular weight excluding hydrogens is 628 g/mol. The van der Waals surface area contributed by atoms with Gasteiger partial charge in [-0.1, -0.05) is 36.4 Å². The van der Waals surface area contributed by atoms with Crippen LogP contribution in [0.1, 0.15) is 16.7 Å². The quantitative estimate of drug-likeness (QED) is 0.0706. The van der Waals surface area contributed by atoms with Crippen molar-refractivity contribution in [2.45, 2.75) is 12.8 Å². The molecule has 242 valence electrons. The number of rotatable bonds is 2. The Morgan fingerprint density at radius 2 is 1.24 bits per heavy atom. The van der Waals surface area contributed by atoms with E-state index in [0.717, 1.165) is 58.9 Å². The van der Waals surface area contributed by atoms with Crippen LogP contribution in [0.2, 0.25) is 0 Å². The number of aliphatic hydroxyl groups is 1. The average molecular weight is 658 g/mol. The third-order valence-corrected chi connectivity index (χ3v) is 10.6. The summed E-state index contributed by atoms with van der Waals surface area (Å²) in [6, 6.07) is 19.2. The SMILES string of the molecule is [C-]#[N+]/C(C#N)=C1/C(c2c3c(O)cccc3c(N(C)C)c3cccc(O)c23)=C(O)C1=c1c2c(O)ccc3c2c2c4c(ccc(O)c14)CC[N+]=2CC3. The number of phenols is 4. The van der Waals surface area contributed by atoms with Gasteiger partial charge in [-0.2, -0.15) is 0 Å². The fourth-order valence-corrected chi connectivity index (χ4v) is 8.68. The zero-order valence-corrected chi connectivity index (χ0v) is 27.1. The molecule has 0 aromatic heterocycles. The lowest BCUT2D eigenvalue weighted by atomic mass is 9.73. The first-order chi connectivity index (χ1) is 24.2. The predicted octanol–water partition coefficient (Wildman–Crippen LogP) is 5.62. The molecule has 0 unspecified atom stereocenters. The molecule has 9 rings (SSSR count). The first-order valence-corrected chi connectivity index (χ1v) is 16.3. The Morgan fingerprint density at radius 1 is 0.720 bits per heavy atom. The van der Waals surface area contributed by atoms with Crippen molar-refractivity contribution in [3.63, 3.8) is 0 Å². The van der Waals surface area contributed by atoms with Gasteiger partial charge in [0.2, 0.25) is 5.36 Å². The molecule has 0 atom stereocenters. The molecular formula is C41H29N4O5+. The maximum atomic E-state index is 12.5. The van der Waals surface area contributed by atoms with Crippen LogP contribution in [0.4, 0.5) is 5.69 Å². The first kappa shape index (κ1) is 29.4. The van der Waals surface area contributed by atoms with Gasteiger partial charge in [-0.25, -0.2) is 14.7 Å². The number of benzene rings is 6. The molecule has 50 heavy (non-hydrogen) atoms. The van der Waals surface area contributed by atoms with Crippen molar-refractivity contribution >= 4 is 59.9 Å². The van der Waals surface area contributed by atoms with Gasteiger partial charge in [-0.05, 0) is 35.4 Å². The molecule has 1 aliphatic carbocycles. The molecule has 0 spiro atoms. The van der Waals surface area contributed by atoms with Gasteiger partial charge in [0.05, 0.1) is 29.1 Å². The first-order valence-electron chi connectivity index (χ1n) is 16.3. The monoisotopic (exact) mass is 657 g/mol. The van der Waals surface area contributed by atoms with Gasteiger partial charge in [-0.15, -0.1) is 0 Å². The second-order valence-corrected chi connectivity index (χ2v) is 13.3. The summed E-state index contributed by atoms with van der Waals surface area (Å²) in [5.74, 6) is -0.655. The molecule has 3 aliphatic rings. The van der Waals surface area contributed by atoms with Gasteiger partial charge < -0.3 is 30.4 Å². The molecule has 2 heterocycles. The minimum atomic E-state index is -0.325. The Kier molecular flexibility index (Phi) is 5.97. The van der Waals surface area contributed by atoms with Gasteiger partial charge in [0.1, 0.15) is 41.8 Å². The van der Waals surface area contributed by atoms with Gasteiger partial charge in [-0.3, -0.25) is 0 Å². The van der Waals surface area contributed by atoms with E-state index in [2.05, 4.69) is 9.42 Å². The minimum absolute atomic E-state index is 0.0647. The smallest absolute Gasteiger partial charge is 0.270 e. The van der Waals surface area contributed by atoms with E-state index in [1.165, 1.54) is 12.1 Å². The molecule has 0 radical (unpaired) electrons. The van der Waals surface area contributed by atoms with E-state index in [4.69, 9.17) is 6.57 Å². The van der Waals surface area contributed by atoms with Gasteiger partial charge in [0.15, 0.2) is 0 Å². The van der Waals surface area contributed by atoms with Crippen LogP contribution >= 0.6 is 0 Å². The van der Waals surface area contributed by atoms with Gasteiger partial charge in [0, 0.05) is 86.8 Å². The molecule has 9 nitrogen and oxygen atoms in total. The molecule has 5 N–H and O–H groups in total. The topological polar surface area (TPSA) is 136 Å². The second-order valence-electron chi connectivity index (χ2n) is 13.3. The molecule has 0 fully saturated rings. The number of nitriles is 1. The molecule has 2 aliphatic heterocycles. The van der Waals surface area contributed by atoms with E-state index < -0.39 is 0 Å². The molecule has 0 bridgehead atoms. The summed E-state index contributed by atoms with van der Waals surface area (Å²) in [7, 11) is 3.72. The Hall–Kier alpha value is -6.71. The van der Waals surface area contributed by atoms with Crippen molar-refractivity contribution in [1.82, 2.24) is 4.58 Å². The highest BCUT2D eigenvalue weighted by molar-refractivity contribution is 6.28. The summed E-state index contributed by atoms with van der Waals surface area (Å²) in [4.78, 5) is 5.49. The molecule has 6 aromatic rings. The number of hydrogen-bond donors (Lipinski definition) is 5. The van der Waals surface area contributed by atoms with Crippen LogP contribution in [0.25, 0.3) is 59.1 Å². The van der Waals surface area contributed by atoms with Crippen LogP contribution in [0.5, 0.6) is 23.0 Å². The Bertz CT molecular complexity index is 2760. The number of aromatic hydroxyl groups is 4. The standard InChI is InChI=1S/C41H28N4O5/c1-43-23(18-42)32-37(35-30-21(6-4-8-24(30)46)39(44(2)3)22-7-5-9-25(47)31(22)35)41(50)38(32)36-33-26(48)12-10-19-14-16-45-17-15-20-11-13-27(49)34(36)29(20)40(45)28(19)33/h4-13H,14-17H2,2-3H3,(H4-,46,47,48,49,50)/p+1/b32-23-. The summed E-state index contributed by atoms with van der Waals surface area (Å²) in [6.45, 7) is 9.66. The fraction of sp³-hybridized carbons (Fsp3) is 0.146. The number of allylic oxidation sites excluding steroid dienone is 3. The van der Waals surface area contributed by atoms with E-state index in [-0.39, 0.29) is 56.7 Å². The summed E-state index contributed by atoms with van der Waals surface area (Å²) < 4.78 is 2.27. The summed E-state index contributed by atoms with van der Waals surface area (Å²) in [6.07, 6.45) is 1.46. The lowest BCUT2D eigenvalue weighted by molar-refractivity contribution is 0.434. The van der Waals surface area contributed by atoms with E-state index in [0.29, 0.717) is 37.5 Å². The maximum absolute atomic E-state index is 12.5. The summed E-state index contributed by atoms with van der Waals surface area (Å²) >= 11 is 0. The highest BCUT2D eigenvalue weighted by Gasteiger charge is 2.40. The van der Waals surface area contributed by atoms with E-state index in [1.807, 2.05) is 49.3 Å². The van der Waals surface area contributed by atoms with Crippen LogP contribution in [-0.4, -0.2) is 52.7 Å². The number of phenolic OH excluding ortho intramolecular Hbond substituents is 4. The Labute approximate surface area is 285 Å². The largest absolute Gasteiger partial charge is 0.507 e. The number of hydrogen-bond acceptors (Lipinski definition) is 7.